The number of benzene rings is 1. The van der Waals surface area contributed by atoms with Gasteiger partial charge in [-0.15, -0.1) is 0 Å². The molecule has 0 atom stereocenters. The smallest absolute Gasteiger partial charge is 0.355 e. The minimum Gasteiger partial charge on any atom is -0.466 e. The molecule has 1 N–H and O–H groups in total. The SMILES string of the molecule is COCC(=O)Nc1ccc(N2COCC(C(=O)OC)=C2C(=O)OC)cc1Cl. The summed E-state index contributed by atoms with van der Waals surface area (Å²) in [7, 11) is 3.82. The molecule has 10 heteroatoms. The Labute approximate surface area is 160 Å². The van der Waals surface area contributed by atoms with Crippen molar-refractivity contribution in [1.82, 2.24) is 0 Å². The van der Waals surface area contributed by atoms with Crippen LogP contribution in [-0.2, 0) is 33.3 Å². The third-order valence-electron chi connectivity index (χ3n) is 3.65. The van der Waals surface area contributed by atoms with Gasteiger partial charge in [-0.3, -0.25) is 4.79 Å². The van der Waals surface area contributed by atoms with E-state index in [1.54, 1.807) is 12.1 Å². The first kappa shape index (κ1) is 20.7. The van der Waals surface area contributed by atoms with Crippen LogP contribution in [0.5, 0.6) is 0 Å². The lowest BCUT2D eigenvalue weighted by molar-refractivity contribution is -0.140. The zero-order valence-electron chi connectivity index (χ0n) is 15.0. The van der Waals surface area contributed by atoms with Crippen LogP contribution in [0, 0.1) is 0 Å². The summed E-state index contributed by atoms with van der Waals surface area (Å²) in [5.74, 6) is -1.78. The molecule has 0 aromatic heterocycles. The highest BCUT2D eigenvalue weighted by Crippen LogP contribution is 2.32. The van der Waals surface area contributed by atoms with Crippen LogP contribution in [0.25, 0.3) is 0 Å². The van der Waals surface area contributed by atoms with E-state index in [0.717, 1.165) is 0 Å². The molecule has 27 heavy (non-hydrogen) atoms. The molecular formula is C17H19ClN2O7. The van der Waals surface area contributed by atoms with Crippen molar-refractivity contribution in [2.75, 3.05) is 51.5 Å². The maximum absolute atomic E-state index is 12.3. The van der Waals surface area contributed by atoms with Crippen molar-refractivity contribution in [2.24, 2.45) is 0 Å². The fourth-order valence-corrected chi connectivity index (χ4v) is 2.66. The van der Waals surface area contributed by atoms with Gasteiger partial charge < -0.3 is 29.2 Å². The van der Waals surface area contributed by atoms with Crippen LogP contribution >= 0.6 is 11.6 Å². The van der Waals surface area contributed by atoms with Gasteiger partial charge in [0, 0.05) is 12.8 Å². The van der Waals surface area contributed by atoms with E-state index in [2.05, 4.69) is 5.32 Å². The number of esters is 2. The summed E-state index contributed by atoms with van der Waals surface area (Å²) < 4.78 is 19.7. The number of carbonyl (C=O) groups excluding carboxylic acids is 3. The number of amides is 1. The molecule has 1 aromatic rings. The number of carbonyl (C=O) groups is 3. The summed E-state index contributed by atoms with van der Waals surface area (Å²) in [5.41, 5.74) is 0.871. The molecular weight excluding hydrogens is 380 g/mol. The third-order valence-corrected chi connectivity index (χ3v) is 3.96. The molecule has 1 aromatic carbocycles. The molecule has 0 bridgehead atoms. The number of nitrogens with zero attached hydrogens (tertiary/aromatic N) is 1. The van der Waals surface area contributed by atoms with Crippen molar-refractivity contribution in [2.45, 2.75) is 0 Å². The Balaban J connectivity index is 2.40. The number of methoxy groups -OCH3 is 3. The maximum Gasteiger partial charge on any atom is 0.355 e. The molecule has 2 rings (SSSR count). The van der Waals surface area contributed by atoms with E-state index in [4.69, 9.17) is 30.5 Å². The van der Waals surface area contributed by atoms with E-state index >= 15 is 0 Å². The lowest BCUT2D eigenvalue weighted by Crippen LogP contribution is -2.38. The molecule has 1 aliphatic rings. The lowest BCUT2D eigenvalue weighted by Gasteiger charge is -2.31. The van der Waals surface area contributed by atoms with Crippen molar-refractivity contribution in [3.63, 3.8) is 0 Å². The summed E-state index contributed by atoms with van der Waals surface area (Å²) in [6.07, 6.45) is 0. The molecule has 0 unspecified atom stereocenters. The summed E-state index contributed by atoms with van der Waals surface area (Å²) >= 11 is 6.23. The van der Waals surface area contributed by atoms with Gasteiger partial charge in [-0.2, -0.15) is 0 Å². The summed E-state index contributed by atoms with van der Waals surface area (Å²) in [6.45, 7) is -0.209. The van der Waals surface area contributed by atoms with Crippen LogP contribution in [0.3, 0.4) is 0 Å². The molecule has 146 valence electrons. The van der Waals surface area contributed by atoms with Crippen LogP contribution in [0.1, 0.15) is 0 Å². The minimum absolute atomic E-state index is 0.00263. The predicted molar refractivity (Wildman–Crippen MR) is 96.3 cm³/mol. The van der Waals surface area contributed by atoms with Gasteiger partial charge >= 0.3 is 11.9 Å². The molecule has 0 saturated carbocycles. The van der Waals surface area contributed by atoms with Crippen LogP contribution < -0.4 is 10.2 Å². The van der Waals surface area contributed by atoms with Gasteiger partial charge in [-0.1, -0.05) is 11.6 Å². The Morgan fingerprint density at radius 2 is 1.89 bits per heavy atom. The van der Waals surface area contributed by atoms with E-state index in [0.29, 0.717) is 11.4 Å². The van der Waals surface area contributed by atoms with Gasteiger partial charge in [-0.05, 0) is 18.2 Å². The van der Waals surface area contributed by atoms with Crippen molar-refractivity contribution in [3.05, 3.63) is 34.5 Å². The normalized spacial score (nSPS) is 14.0. The van der Waals surface area contributed by atoms with Crippen LogP contribution in [0.2, 0.25) is 5.02 Å². The number of rotatable bonds is 6. The second-order valence-electron chi connectivity index (χ2n) is 5.36. The largest absolute Gasteiger partial charge is 0.466 e. The summed E-state index contributed by atoms with van der Waals surface area (Å²) in [4.78, 5) is 37.3. The first-order chi connectivity index (χ1) is 12.9. The van der Waals surface area contributed by atoms with Crippen molar-refractivity contribution < 1.29 is 33.3 Å². The summed E-state index contributed by atoms with van der Waals surface area (Å²) in [5, 5.41) is 2.83. The molecule has 0 spiro atoms. The fraction of sp³-hybridized carbons (Fsp3) is 0.353. The zero-order valence-corrected chi connectivity index (χ0v) is 15.8. The van der Waals surface area contributed by atoms with Gasteiger partial charge in [-0.25, -0.2) is 9.59 Å². The van der Waals surface area contributed by atoms with Gasteiger partial charge in [0.15, 0.2) is 0 Å². The van der Waals surface area contributed by atoms with Crippen molar-refractivity contribution in [3.8, 4) is 0 Å². The Morgan fingerprint density at radius 1 is 1.19 bits per heavy atom. The maximum atomic E-state index is 12.3. The highest BCUT2D eigenvalue weighted by Gasteiger charge is 2.32. The predicted octanol–water partition coefficient (Wildman–Crippen LogP) is 1.32. The van der Waals surface area contributed by atoms with Crippen LogP contribution in [0.4, 0.5) is 11.4 Å². The number of hydrogen-bond acceptors (Lipinski definition) is 8. The Bertz CT molecular complexity index is 779. The zero-order chi connectivity index (χ0) is 20.0. The highest BCUT2D eigenvalue weighted by molar-refractivity contribution is 6.34. The van der Waals surface area contributed by atoms with Crippen molar-refractivity contribution >= 4 is 40.8 Å². The number of nitrogens with one attached hydrogen (secondary N) is 1. The minimum atomic E-state index is -0.715. The first-order valence-electron chi connectivity index (χ1n) is 7.76. The van der Waals surface area contributed by atoms with E-state index in [-0.39, 0.29) is 42.1 Å². The molecule has 1 aliphatic heterocycles. The molecule has 0 radical (unpaired) electrons. The molecule has 1 amide bonds. The Kier molecular flexibility index (Phi) is 7.17. The van der Waals surface area contributed by atoms with Gasteiger partial charge in [0.25, 0.3) is 0 Å². The van der Waals surface area contributed by atoms with Gasteiger partial charge in [0.1, 0.15) is 19.0 Å². The molecule has 0 saturated heterocycles. The fourth-order valence-electron chi connectivity index (χ4n) is 2.44. The second-order valence-corrected chi connectivity index (χ2v) is 5.77. The molecule has 0 fully saturated rings. The summed E-state index contributed by atoms with van der Waals surface area (Å²) in [6, 6.07) is 4.70. The van der Waals surface area contributed by atoms with E-state index < -0.39 is 11.9 Å². The van der Waals surface area contributed by atoms with Crippen molar-refractivity contribution in [1.29, 1.82) is 0 Å². The topological polar surface area (TPSA) is 103 Å². The standard InChI is InChI=1S/C17H19ClN2O7/c1-24-8-14(21)19-13-5-4-10(6-12(13)18)20-9-27-7-11(16(22)25-2)15(20)17(23)26-3/h4-6H,7-9H2,1-3H3,(H,19,21). The monoisotopic (exact) mass is 398 g/mol. The number of anilines is 2. The average molecular weight is 399 g/mol. The second kappa shape index (κ2) is 9.36. The number of halogens is 1. The molecule has 9 nitrogen and oxygen atoms in total. The van der Waals surface area contributed by atoms with E-state index in [9.17, 15) is 14.4 Å². The first-order valence-corrected chi connectivity index (χ1v) is 8.14. The Morgan fingerprint density at radius 3 is 2.48 bits per heavy atom. The van der Waals surface area contributed by atoms with Crippen LogP contribution in [-0.4, -0.2) is 59.1 Å². The van der Waals surface area contributed by atoms with E-state index in [1.807, 2.05) is 0 Å². The van der Waals surface area contributed by atoms with Gasteiger partial charge in [0.05, 0.1) is 37.1 Å². The number of hydrogen-bond donors (Lipinski definition) is 1. The quantitative estimate of drug-likeness (QED) is 0.715. The lowest BCUT2D eigenvalue weighted by atomic mass is 10.1. The average Bonchev–Trinajstić information content (AvgIpc) is 2.67. The molecule has 0 aliphatic carbocycles. The van der Waals surface area contributed by atoms with E-state index in [1.165, 1.54) is 32.3 Å². The third kappa shape index (κ3) is 4.76. The number of ether oxygens (including phenoxy) is 4. The Hall–Kier alpha value is -2.62. The molecule has 1 heterocycles. The van der Waals surface area contributed by atoms with Crippen LogP contribution in [0.15, 0.2) is 29.5 Å². The highest BCUT2D eigenvalue weighted by atomic mass is 35.5. The van der Waals surface area contributed by atoms with Gasteiger partial charge in [0.2, 0.25) is 5.91 Å².